The van der Waals surface area contributed by atoms with Gasteiger partial charge in [0.15, 0.2) is 0 Å². The second-order valence-corrected chi connectivity index (χ2v) is 4.08. The molecule has 0 aliphatic rings. The maximum atomic E-state index is 9.85. The molecule has 2 nitrogen and oxygen atoms in total. The molecule has 0 fully saturated rings. The maximum absolute atomic E-state index is 9.85. The van der Waals surface area contributed by atoms with Crippen LogP contribution in [-0.2, 0) is 0 Å². The average Bonchev–Trinajstić information content (AvgIpc) is 2.27. The second-order valence-electron chi connectivity index (χ2n) is 4.08. The van der Waals surface area contributed by atoms with Crippen molar-refractivity contribution in [1.82, 2.24) is 0 Å². The molecule has 0 saturated carbocycles. The van der Waals surface area contributed by atoms with E-state index >= 15 is 0 Å². The van der Waals surface area contributed by atoms with Crippen molar-refractivity contribution in [3.8, 4) is 0 Å². The van der Waals surface area contributed by atoms with E-state index in [0.29, 0.717) is 12.5 Å². The Balaban J connectivity index is 2.31. The average molecular weight is 207 g/mol. The van der Waals surface area contributed by atoms with Crippen LogP contribution in [0.15, 0.2) is 30.3 Å². The Morgan fingerprint density at radius 3 is 2.53 bits per heavy atom. The minimum atomic E-state index is -0.259. The first-order valence-corrected chi connectivity index (χ1v) is 5.71. The second kappa shape index (κ2) is 6.46. The Morgan fingerprint density at radius 1 is 1.27 bits per heavy atom. The summed E-state index contributed by atoms with van der Waals surface area (Å²) in [5.41, 5.74) is 1.07. The molecule has 0 aromatic heterocycles. The van der Waals surface area contributed by atoms with Gasteiger partial charge in [-0.25, -0.2) is 0 Å². The van der Waals surface area contributed by atoms with Crippen LogP contribution in [0.4, 0.5) is 5.69 Å². The van der Waals surface area contributed by atoms with Gasteiger partial charge in [-0.15, -0.1) is 0 Å². The molecule has 0 saturated heterocycles. The summed E-state index contributed by atoms with van der Waals surface area (Å²) in [7, 11) is 0. The summed E-state index contributed by atoms with van der Waals surface area (Å²) in [5, 5.41) is 13.1. The third-order valence-corrected chi connectivity index (χ3v) is 2.69. The highest BCUT2D eigenvalue weighted by molar-refractivity contribution is 5.42. The van der Waals surface area contributed by atoms with E-state index in [-0.39, 0.29) is 6.10 Å². The highest BCUT2D eigenvalue weighted by Crippen LogP contribution is 2.12. The number of hydrogen-bond donors (Lipinski definition) is 2. The molecule has 0 radical (unpaired) electrons. The molecular weight excluding hydrogens is 186 g/mol. The van der Waals surface area contributed by atoms with Crippen molar-refractivity contribution in [3.63, 3.8) is 0 Å². The highest BCUT2D eigenvalue weighted by atomic mass is 16.3. The van der Waals surface area contributed by atoms with Gasteiger partial charge in [0, 0.05) is 12.2 Å². The number of anilines is 1. The van der Waals surface area contributed by atoms with Crippen LogP contribution in [0, 0.1) is 5.92 Å². The van der Waals surface area contributed by atoms with E-state index in [4.69, 9.17) is 0 Å². The zero-order valence-corrected chi connectivity index (χ0v) is 9.61. The first-order chi connectivity index (χ1) is 7.24. The molecule has 2 unspecified atom stereocenters. The zero-order chi connectivity index (χ0) is 11.1. The van der Waals surface area contributed by atoms with Gasteiger partial charge < -0.3 is 10.4 Å². The monoisotopic (exact) mass is 207 g/mol. The predicted octanol–water partition coefficient (Wildman–Crippen LogP) is 2.90. The first kappa shape index (κ1) is 12.1. The van der Waals surface area contributed by atoms with Gasteiger partial charge in [-0.05, 0) is 24.5 Å². The summed E-state index contributed by atoms with van der Waals surface area (Å²) >= 11 is 0. The lowest BCUT2D eigenvalue weighted by molar-refractivity contribution is 0.123. The molecule has 2 heteroatoms. The van der Waals surface area contributed by atoms with Crippen molar-refractivity contribution in [2.24, 2.45) is 5.92 Å². The molecule has 84 valence electrons. The molecule has 0 bridgehead atoms. The van der Waals surface area contributed by atoms with Crippen molar-refractivity contribution < 1.29 is 5.11 Å². The van der Waals surface area contributed by atoms with Gasteiger partial charge in [0.25, 0.3) is 0 Å². The largest absolute Gasteiger partial charge is 0.391 e. The Labute approximate surface area is 92.3 Å². The molecule has 2 N–H and O–H groups in total. The Hall–Kier alpha value is -1.02. The molecule has 0 spiro atoms. The SMILES string of the molecule is CCCC(C)C(O)CNc1ccccc1. The molecule has 15 heavy (non-hydrogen) atoms. The minimum Gasteiger partial charge on any atom is -0.391 e. The summed E-state index contributed by atoms with van der Waals surface area (Å²) < 4.78 is 0. The van der Waals surface area contributed by atoms with E-state index in [1.54, 1.807) is 0 Å². The standard InChI is InChI=1S/C13H21NO/c1-3-7-11(2)13(15)10-14-12-8-5-4-6-9-12/h4-6,8-9,11,13-15H,3,7,10H2,1-2H3. The number of nitrogens with one attached hydrogen (secondary N) is 1. The minimum absolute atomic E-state index is 0.259. The summed E-state index contributed by atoms with van der Waals surface area (Å²) in [5.74, 6) is 0.367. The van der Waals surface area contributed by atoms with Gasteiger partial charge in [-0.3, -0.25) is 0 Å². The summed E-state index contributed by atoms with van der Waals surface area (Å²) in [6.07, 6.45) is 1.95. The zero-order valence-electron chi connectivity index (χ0n) is 9.61. The molecule has 2 atom stereocenters. The van der Waals surface area contributed by atoms with Gasteiger partial charge in [-0.1, -0.05) is 38.5 Å². The molecule has 1 rings (SSSR count). The van der Waals surface area contributed by atoms with Crippen LogP contribution in [0.2, 0.25) is 0 Å². The lowest BCUT2D eigenvalue weighted by atomic mass is 9.99. The van der Waals surface area contributed by atoms with Crippen LogP contribution in [-0.4, -0.2) is 17.8 Å². The number of hydrogen-bond acceptors (Lipinski definition) is 2. The van der Waals surface area contributed by atoms with E-state index in [9.17, 15) is 5.11 Å². The molecular formula is C13H21NO. The molecule has 0 aliphatic carbocycles. The highest BCUT2D eigenvalue weighted by Gasteiger charge is 2.12. The van der Waals surface area contributed by atoms with Crippen LogP contribution in [0.25, 0.3) is 0 Å². The fourth-order valence-corrected chi connectivity index (χ4v) is 1.63. The molecule has 0 amide bonds. The quantitative estimate of drug-likeness (QED) is 0.751. The lowest BCUT2D eigenvalue weighted by Crippen LogP contribution is -2.26. The van der Waals surface area contributed by atoms with Crippen molar-refractivity contribution in [1.29, 1.82) is 0 Å². The number of rotatable bonds is 6. The van der Waals surface area contributed by atoms with Crippen LogP contribution >= 0.6 is 0 Å². The number of para-hydroxylation sites is 1. The van der Waals surface area contributed by atoms with Crippen LogP contribution in [0.1, 0.15) is 26.7 Å². The van der Waals surface area contributed by atoms with Gasteiger partial charge in [0.1, 0.15) is 0 Å². The van der Waals surface area contributed by atoms with Crippen molar-refractivity contribution in [2.75, 3.05) is 11.9 Å². The van der Waals surface area contributed by atoms with Crippen LogP contribution in [0.5, 0.6) is 0 Å². The Bertz CT molecular complexity index is 260. The number of benzene rings is 1. The molecule has 1 aromatic rings. The fourth-order valence-electron chi connectivity index (χ4n) is 1.63. The van der Waals surface area contributed by atoms with Gasteiger partial charge in [0.2, 0.25) is 0 Å². The third kappa shape index (κ3) is 4.34. The van der Waals surface area contributed by atoms with Crippen molar-refractivity contribution in [3.05, 3.63) is 30.3 Å². The maximum Gasteiger partial charge on any atom is 0.0737 e. The van der Waals surface area contributed by atoms with Crippen molar-refractivity contribution in [2.45, 2.75) is 32.8 Å². The normalized spacial score (nSPS) is 14.6. The van der Waals surface area contributed by atoms with E-state index < -0.39 is 0 Å². The van der Waals surface area contributed by atoms with E-state index in [0.717, 1.165) is 18.5 Å². The topological polar surface area (TPSA) is 32.3 Å². The van der Waals surface area contributed by atoms with E-state index in [1.165, 1.54) is 0 Å². The van der Waals surface area contributed by atoms with Gasteiger partial charge in [-0.2, -0.15) is 0 Å². The summed E-state index contributed by atoms with van der Waals surface area (Å²) in [6.45, 7) is 4.87. The van der Waals surface area contributed by atoms with E-state index in [1.807, 2.05) is 30.3 Å². The van der Waals surface area contributed by atoms with E-state index in [2.05, 4.69) is 19.2 Å². The predicted molar refractivity (Wildman–Crippen MR) is 65.0 cm³/mol. The Morgan fingerprint density at radius 2 is 1.93 bits per heavy atom. The van der Waals surface area contributed by atoms with Gasteiger partial charge in [0.05, 0.1) is 6.10 Å². The number of aliphatic hydroxyl groups is 1. The fraction of sp³-hybridized carbons (Fsp3) is 0.538. The molecule has 0 aliphatic heterocycles. The Kier molecular flexibility index (Phi) is 5.19. The summed E-state index contributed by atoms with van der Waals surface area (Å²) in [6, 6.07) is 9.99. The number of aliphatic hydroxyl groups excluding tert-OH is 1. The van der Waals surface area contributed by atoms with Crippen LogP contribution < -0.4 is 5.32 Å². The summed E-state index contributed by atoms with van der Waals surface area (Å²) in [4.78, 5) is 0. The van der Waals surface area contributed by atoms with Crippen LogP contribution in [0.3, 0.4) is 0 Å². The molecule has 1 aromatic carbocycles. The van der Waals surface area contributed by atoms with Crippen molar-refractivity contribution >= 4 is 5.69 Å². The lowest BCUT2D eigenvalue weighted by Gasteiger charge is -2.19. The molecule has 0 heterocycles. The smallest absolute Gasteiger partial charge is 0.0737 e. The first-order valence-electron chi connectivity index (χ1n) is 5.71. The van der Waals surface area contributed by atoms with Gasteiger partial charge >= 0.3 is 0 Å². The third-order valence-electron chi connectivity index (χ3n) is 2.69.